The van der Waals surface area contributed by atoms with E-state index in [9.17, 15) is 0 Å². The molecule has 0 spiro atoms. The van der Waals surface area contributed by atoms with Gasteiger partial charge < -0.3 is 0 Å². The van der Waals surface area contributed by atoms with Gasteiger partial charge in [0.2, 0.25) is 0 Å². The minimum atomic E-state index is 0.202. The standard InChI is InChI=1S/C6H4ClO.In.2H/c7-5-3-1-2-4-6(5)8;;;/h1-2,4,8H;;;. The second kappa shape index (κ2) is 2.84. The maximum atomic E-state index is 9.00. The average Bonchev–Trinajstić information content (AvgIpc) is 1.83. The number of aromatic hydroxyl groups is 1. The zero-order valence-electron chi connectivity index (χ0n) is 5.06. The summed E-state index contributed by atoms with van der Waals surface area (Å²) in [6, 6.07) is 5.35. The summed E-state index contributed by atoms with van der Waals surface area (Å²) < 4.78 is 1.11. The molecule has 0 atom stereocenters. The summed E-state index contributed by atoms with van der Waals surface area (Å²) in [4.78, 5) is 0. The van der Waals surface area contributed by atoms with Crippen molar-refractivity contribution in [3.05, 3.63) is 23.2 Å². The molecule has 1 N–H and O–H groups in total. The summed E-state index contributed by atoms with van der Waals surface area (Å²) in [5, 5.41) is 9.54. The zero-order valence-corrected chi connectivity index (χ0v) is 11.5. The van der Waals surface area contributed by atoms with Gasteiger partial charge in [-0.3, -0.25) is 0 Å². The van der Waals surface area contributed by atoms with Crippen LogP contribution in [-0.2, 0) is 0 Å². The fourth-order valence-corrected chi connectivity index (χ4v) is 2.04. The molecule has 0 amide bonds. The van der Waals surface area contributed by atoms with Crippen molar-refractivity contribution in [2.45, 2.75) is 0 Å². The van der Waals surface area contributed by atoms with Gasteiger partial charge in [0, 0.05) is 0 Å². The predicted molar refractivity (Wildman–Crippen MR) is 41.3 cm³/mol. The van der Waals surface area contributed by atoms with Gasteiger partial charge in [-0.05, 0) is 0 Å². The SMILES string of the molecule is Oc1ccc[c]([InH2])c1Cl. The van der Waals surface area contributed by atoms with Crippen molar-refractivity contribution in [1.82, 2.24) is 0 Å². The molecule has 0 saturated carbocycles. The Balaban J connectivity index is 3.25. The van der Waals surface area contributed by atoms with Crippen LogP contribution in [-0.4, -0.2) is 29.5 Å². The second-order valence-electron chi connectivity index (χ2n) is 1.91. The van der Waals surface area contributed by atoms with Gasteiger partial charge in [-0.15, -0.1) is 0 Å². The number of phenols is 1. The Labute approximate surface area is 73.2 Å². The van der Waals surface area contributed by atoms with Crippen molar-refractivity contribution >= 4 is 39.3 Å². The summed E-state index contributed by atoms with van der Waals surface area (Å²) in [6.07, 6.45) is 0. The van der Waals surface area contributed by atoms with Gasteiger partial charge in [0.05, 0.1) is 0 Å². The Morgan fingerprint density at radius 3 is 2.56 bits per heavy atom. The molecule has 1 rings (SSSR count). The van der Waals surface area contributed by atoms with Crippen molar-refractivity contribution in [3.8, 4) is 5.75 Å². The average molecular weight is 244 g/mol. The van der Waals surface area contributed by atoms with Gasteiger partial charge in [-0.25, -0.2) is 0 Å². The first-order chi connectivity index (χ1) is 4.22. The first kappa shape index (κ1) is 7.29. The molecule has 0 aromatic heterocycles. The number of hydrogen-bond donors (Lipinski definition) is 1. The molecule has 1 aromatic carbocycles. The van der Waals surface area contributed by atoms with Crippen LogP contribution in [0.25, 0.3) is 0 Å². The Morgan fingerprint density at radius 2 is 2.11 bits per heavy atom. The number of halogens is 1. The summed E-state index contributed by atoms with van der Waals surface area (Å²) in [7, 11) is 0. The van der Waals surface area contributed by atoms with Crippen molar-refractivity contribution in [2.24, 2.45) is 0 Å². The van der Waals surface area contributed by atoms with Gasteiger partial charge in [0.1, 0.15) is 0 Å². The van der Waals surface area contributed by atoms with E-state index in [4.69, 9.17) is 16.7 Å². The van der Waals surface area contributed by atoms with Crippen LogP contribution in [0.1, 0.15) is 0 Å². The molecule has 9 heavy (non-hydrogen) atoms. The molecule has 0 heterocycles. The third-order valence-corrected chi connectivity index (χ3v) is 4.95. The van der Waals surface area contributed by atoms with E-state index in [1.165, 1.54) is 0 Å². The Bertz CT molecular complexity index is 204. The van der Waals surface area contributed by atoms with Crippen LogP contribution in [0.15, 0.2) is 18.2 Å². The topological polar surface area (TPSA) is 20.2 Å². The molecule has 0 aliphatic rings. The summed E-state index contributed by atoms with van der Waals surface area (Å²) in [5.74, 6) is 0.202. The molecule has 1 nitrogen and oxygen atoms in total. The van der Waals surface area contributed by atoms with Crippen molar-refractivity contribution in [2.75, 3.05) is 0 Å². The van der Waals surface area contributed by atoms with Crippen LogP contribution in [0.2, 0.25) is 5.02 Å². The van der Waals surface area contributed by atoms with Crippen LogP contribution in [0.4, 0.5) is 0 Å². The van der Waals surface area contributed by atoms with Crippen molar-refractivity contribution < 1.29 is 5.11 Å². The first-order valence-electron chi connectivity index (χ1n) is 2.66. The predicted octanol–water partition coefficient (Wildman–Crippen LogP) is 0.304. The third kappa shape index (κ3) is 1.55. The molecule has 0 bridgehead atoms. The molecule has 0 aliphatic carbocycles. The Hall–Kier alpha value is 0.180. The van der Waals surface area contributed by atoms with E-state index in [2.05, 4.69) is 0 Å². The normalized spacial score (nSPS) is 9.44. The van der Waals surface area contributed by atoms with E-state index in [0.29, 0.717) is 29.4 Å². The van der Waals surface area contributed by atoms with Crippen LogP contribution in [0.5, 0.6) is 5.75 Å². The van der Waals surface area contributed by atoms with Crippen LogP contribution in [0, 0.1) is 0 Å². The minimum absolute atomic E-state index is 0.202. The monoisotopic (exact) mass is 244 g/mol. The van der Waals surface area contributed by atoms with Crippen LogP contribution < -0.4 is 3.32 Å². The fraction of sp³-hybridized carbons (Fsp3) is 0. The van der Waals surface area contributed by atoms with Gasteiger partial charge >= 0.3 is 73.4 Å². The van der Waals surface area contributed by atoms with E-state index in [1.54, 1.807) is 6.07 Å². The van der Waals surface area contributed by atoms with Crippen molar-refractivity contribution in [1.29, 1.82) is 0 Å². The molecule has 0 saturated heterocycles. The maximum absolute atomic E-state index is 9.00. The molecular weight excluding hydrogens is 238 g/mol. The van der Waals surface area contributed by atoms with Gasteiger partial charge in [0.15, 0.2) is 0 Å². The van der Waals surface area contributed by atoms with Crippen molar-refractivity contribution in [3.63, 3.8) is 0 Å². The van der Waals surface area contributed by atoms with E-state index < -0.39 is 0 Å². The Kier molecular flexibility index (Phi) is 2.30. The number of benzene rings is 1. The molecule has 46 valence electrons. The zero-order chi connectivity index (χ0) is 6.85. The van der Waals surface area contributed by atoms with Gasteiger partial charge in [-0.2, -0.15) is 0 Å². The molecular formula is C6H6ClInO. The molecule has 0 aliphatic heterocycles. The van der Waals surface area contributed by atoms with Crippen LogP contribution >= 0.6 is 11.6 Å². The second-order valence-corrected chi connectivity index (χ2v) is 5.36. The third-order valence-electron chi connectivity index (χ3n) is 1.17. The number of rotatable bonds is 0. The molecule has 1 aromatic rings. The van der Waals surface area contributed by atoms with E-state index >= 15 is 0 Å². The van der Waals surface area contributed by atoms with E-state index in [-0.39, 0.29) is 5.75 Å². The molecule has 3 heteroatoms. The molecule has 0 radical (unpaired) electrons. The Morgan fingerprint density at radius 1 is 1.44 bits per heavy atom. The quantitative estimate of drug-likeness (QED) is 0.696. The van der Waals surface area contributed by atoms with Crippen LogP contribution in [0.3, 0.4) is 0 Å². The fourth-order valence-electron chi connectivity index (χ4n) is 0.632. The molecule has 0 unspecified atom stereocenters. The van der Waals surface area contributed by atoms with Gasteiger partial charge in [-0.1, -0.05) is 0 Å². The molecule has 0 fully saturated rings. The van der Waals surface area contributed by atoms with E-state index in [1.807, 2.05) is 12.1 Å². The summed E-state index contributed by atoms with van der Waals surface area (Å²) >= 11 is 6.07. The first-order valence-corrected chi connectivity index (χ1v) is 5.89. The number of phenolic OH excluding ortho intramolecular Hbond substituents is 1. The summed E-state index contributed by atoms with van der Waals surface area (Å²) in [6.45, 7) is 0. The number of hydrogen-bond acceptors (Lipinski definition) is 1. The van der Waals surface area contributed by atoms with E-state index in [0.717, 1.165) is 3.32 Å². The van der Waals surface area contributed by atoms with Gasteiger partial charge in [0.25, 0.3) is 0 Å². The summed E-state index contributed by atoms with van der Waals surface area (Å²) in [5.41, 5.74) is 0.